The van der Waals surface area contributed by atoms with Gasteiger partial charge < -0.3 is 10.6 Å². The van der Waals surface area contributed by atoms with E-state index in [9.17, 15) is 0 Å². The van der Waals surface area contributed by atoms with Crippen molar-refractivity contribution < 1.29 is 0 Å². The van der Waals surface area contributed by atoms with Crippen molar-refractivity contribution >= 4 is 0 Å². The number of nitrogens with one attached hydrogen (secondary N) is 2. The molecule has 10 heavy (non-hydrogen) atoms. The van der Waals surface area contributed by atoms with Gasteiger partial charge in [-0.2, -0.15) is 0 Å². The second-order valence-electron chi connectivity index (χ2n) is 3.14. The average molecular weight is 142 g/mol. The van der Waals surface area contributed by atoms with Crippen LogP contribution in [0.15, 0.2) is 0 Å². The summed E-state index contributed by atoms with van der Waals surface area (Å²) in [5.41, 5.74) is 0. The molecule has 0 unspecified atom stereocenters. The van der Waals surface area contributed by atoms with E-state index in [1.54, 1.807) is 0 Å². The highest BCUT2D eigenvalue weighted by molar-refractivity contribution is 4.79. The molecule has 2 nitrogen and oxygen atoms in total. The van der Waals surface area contributed by atoms with Crippen LogP contribution in [0.25, 0.3) is 0 Å². The number of hydrogen-bond donors (Lipinski definition) is 2. The van der Waals surface area contributed by atoms with E-state index < -0.39 is 0 Å². The van der Waals surface area contributed by atoms with Crippen molar-refractivity contribution in [1.82, 2.24) is 10.6 Å². The fourth-order valence-corrected chi connectivity index (χ4v) is 1.71. The lowest BCUT2D eigenvalue weighted by molar-refractivity contribution is 0.325. The summed E-state index contributed by atoms with van der Waals surface area (Å²) in [4.78, 5) is 0. The molecule has 0 radical (unpaired) electrons. The van der Waals surface area contributed by atoms with Gasteiger partial charge in [-0.1, -0.05) is 6.42 Å². The van der Waals surface area contributed by atoms with Crippen LogP contribution in [-0.4, -0.2) is 26.2 Å². The van der Waals surface area contributed by atoms with Crippen LogP contribution in [0.1, 0.15) is 25.7 Å². The monoisotopic (exact) mass is 142 g/mol. The van der Waals surface area contributed by atoms with Crippen molar-refractivity contribution in [3.63, 3.8) is 0 Å². The summed E-state index contributed by atoms with van der Waals surface area (Å²) >= 11 is 0. The minimum absolute atomic E-state index is 0.756. The molecule has 2 atom stereocenters. The fourth-order valence-electron chi connectivity index (χ4n) is 1.71. The van der Waals surface area contributed by atoms with Gasteiger partial charge in [0, 0.05) is 12.1 Å². The molecular weight excluding hydrogens is 124 g/mol. The van der Waals surface area contributed by atoms with E-state index in [1.165, 1.54) is 25.7 Å². The Kier molecular flexibility index (Phi) is 3.16. The van der Waals surface area contributed by atoms with Crippen LogP contribution in [0.5, 0.6) is 0 Å². The fraction of sp³-hybridized carbons (Fsp3) is 1.00. The minimum atomic E-state index is 0.756. The first-order valence-corrected chi connectivity index (χ1v) is 4.21. The third kappa shape index (κ3) is 1.96. The highest BCUT2D eigenvalue weighted by Gasteiger charge is 2.18. The average Bonchev–Trinajstić information content (AvgIpc) is 2.05. The second-order valence-corrected chi connectivity index (χ2v) is 3.14. The predicted octanol–water partition coefficient (Wildman–Crippen LogP) is 0.736. The summed E-state index contributed by atoms with van der Waals surface area (Å²) in [5, 5.41) is 6.66. The molecule has 0 saturated heterocycles. The van der Waals surface area contributed by atoms with Crippen molar-refractivity contribution in [3.05, 3.63) is 0 Å². The summed E-state index contributed by atoms with van der Waals surface area (Å²) in [6, 6.07) is 1.51. The molecule has 0 heterocycles. The van der Waals surface area contributed by atoms with Crippen LogP contribution in [0.3, 0.4) is 0 Å². The first-order chi connectivity index (χ1) is 4.86. The standard InChI is InChI=1S/C8H18N2/c1-9-7-4-3-5-8(6-7)10-2/h7-10H,3-6H2,1-2H3/t7-,8-/m1/s1. The van der Waals surface area contributed by atoms with E-state index in [0.29, 0.717) is 0 Å². The number of hydrogen-bond acceptors (Lipinski definition) is 2. The van der Waals surface area contributed by atoms with Gasteiger partial charge in [-0.05, 0) is 33.4 Å². The first-order valence-electron chi connectivity index (χ1n) is 4.21. The maximum atomic E-state index is 3.33. The van der Waals surface area contributed by atoms with Crippen molar-refractivity contribution in [3.8, 4) is 0 Å². The third-order valence-electron chi connectivity index (χ3n) is 2.49. The molecule has 0 bridgehead atoms. The Balaban J connectivity index is 2.25. The molecule has 2 N–H and O–H groups in total. The molecule has 1 fully saturated rings. The molecule has 2 heteroatoms. The molecule has 1 aliphatic carbocycles. The zero-order valence-electron chi connectivity index (χ0n) is 6.98. The van der Waals surface area contributed by atoms with Gasteiger partial charge in [-0.3, -0.25) is 0 Å². The molecule has 60 valence electrons. The van der Waals surface area contributed by atoms with Crippen molar-refractivity contribution in [1.29, 1.82) is 0 Å². The van der Waals surface area contributed by atoms with Crippen LogP contribution < -0.4 is 10.6 Å². The van der Waals surface area contributed by atoms with Gasteiger partial charge in [0.2, 0.25) is 0 Å². The SMILES string of the molecule is CN[C@@H]1CCC[C@@H](NC)C1. The lowest BCUT2D eigenvalue weighted by Gasteiger charge is -2.28. The van der Waals surface area contributed by atoms with Crippen molar-refractivity contribution in [2.24, 2.45) is 0 Å². The van der Waals surface area contributed by atoms with E-state index in [-0.39, 0.29) is 0 Å². The normalized spacial score (nSPS) is 34.2. The number of rotatable bonds is 2. The molecule has 0 aromatic carbocycles. The van der Waals surface area contributed by atoms with Crippen LogP contribution in [0.2, 0.25) is 0 Å². The van der Waals surface area contributed by atoms with Crippen LogP contribution in [-0.2, 0) is 0 Å². The van der Waals surface area contributed by atoms with Crippen molar-refractivity contribution in [2.75, 3.05) is 14.1 Å². The Morgan fingerprint density at radius 3 is 1.90 bits per heavy atom. The van der Waals surface area contributed by atoms with E-state index in [0.717, 1.165) is 12.1 Å². The Morgan fingerprint density at radius 1 is 1.00 bits per heavy atom. The summed E-state index contributed by atoms with van der Waals surface area (Å²) in [7, 11) is 4.12. The smallest absolute Gasteiger partial charge is 0.00788 e. The first kappa shape index (κ1) is 8.02. The van der Waals surface area contributed by atoms with Gasteiger partial charge in [0.15, 0.2) is 0 Å². The van der Waals surface area contributed by atoms with Gasteiger partial charge in [0.25, 0.3) is 0 Å². The molecule has 0 spiro atoms. The summed E-state index contributed by atoms with van der Waals surface area (Å²) in [6.07, 6.45) is 5.38. The largest absolute Gasteiger partial charge is 0.317 e. The maximum absolute atomic E-state index is 3.33. The second kappa shape index (κ2) is 3.94. The highest BCUT2D eigenvalue weighted by atomic mass is 14.9. The Morgan fingerprint density at radius 2 is 1.50 bits per heavy atom. The van der Waals surface area contributed by atoms with E-state index in [4.69, 9.17) is 0 Å². The van der Waals surface area contributed by atoms with E-state index >= 15 is 0 Å². The van der Waals surface area contributed by atoms with Crippen LogP contribution in [0, 0.1) is 0 Å². The molecular formula is C8H18N2. The summed E-state index contributed by atoms with van der Waals surface area (Å²) in [6.45, 7) is 0. The molecule has 0 aromatic heterocycles. The Labute approximate surface area is 63.4 Å². The topological polar surface area (TPSA) is 24.1 Å². The van der Waals surface area contributed by atoms with Gasteiger partial charge in [0.05, 0.1) is 0 Å². The molecule has 1 aliphatic rings. The van der Waals surface area contributed by atoms with Gasteiger partial charge >= 0.3 is 0 Å². The highest BCUT2D eigenvalue weighted by Crippen LogP contribution is 2.17. The predicted molar refractivity (Wildman–Crippen MR) is 44.2 cm³/mol. The van der Waals surface area contributed by atoms with E-state index in [2.05, 4.69) is 24.7 Å². The third-order valence-corrected chi connectivity index (χ3v) is 2.49. The zero-order valence-corrected chi connectivity index (χ0v) is 6.98. The zero-order chi connectivity index (χ0) is 7.40. The summed E-state index contributed by atoms with van der Waals surface area (Å²) in [5.74, 6) is 0. The lowest BCUT2D eigenvalue weighted by Crippen LogP contribution is -2.39. The molecule has 0 aliphatic heterocycles. The molecule has 1 rings (SSSR count). The molecule has 0 amide bonds. The van der Waals surface area contributed by atoms with Gasteiger partial charge in [-0.25, -0.2) is 0 Å². The maximum Gasteiger partial charge on any atom is 0.00788 e. The quantitative estimate of drug-likeness (QED) is 0.594. The van der Waals surface area contributed by atoms with Gasteiger partial charge in [0.1, 0.15) is 0 Å². The minimum Gasteiger partial charge on any atom is -0.317 e. The molecule has 1 saturated carbocycles. The Bertz CT molecular complexity index is 83.3. The van der Waals surface area contributed by atoms with Crippen LogP contribution >= 0.6 is 0 Å². The Hall–Kier alpha value is -0.0800. The molecule has 0 aromatic rings. The van der Waals surface area contributed by atoms with E-state index in [1.807, 2.05) is 0 Å². The van der Waals surface area contributed by atoms with Gasteiger partial charge in [-0.15, -0.1) is 0 Å². The summed E-state index contributed by atoms with van der Waals surface area (Å²) < 4.78 is 0. The van der Waals surface area contributed by atoms with Crippen LogP contribution in [0.4, 0.5) is 0 Å². The lowest BCUT2D eigenvalue weighted by atomic mass is 9.91. The van der Waals surface area contributed by atoms with Crippen molar-refractivity contribution in [2.45, 2.75) is 37.8 Å².